The Morgan fingerprint density at radius 2 is 1.93 bits per heavy atom. The zero-order chi connectivity index (χ0) is 20.3. The zero-order valence-electron chi connectivity index (χ0n) is 18.8. The number of carbonyl (C=O) groups is 1. The van der Waals surface area contributed by atoms with E-state index in [2.05, 4.69) is 37.3 Å². The molecule has 1 aromatic heterocycles. The summed E-state index contributed by atoms with van der Waals surface area (Å²) in [6.45, 7) is 2.95. The van der Waals surface area contributed by atoms with Crippen LogP contribution in [0.15, 0.2) is 60.7 Å². The van der Waals surface area contributed by atoms with E-state index in [0.29, 0.717) is 19.8 Å². The first-order valence-electron chi connectivity index (χ1n) is 9.37. The van der Waals surface area contributed by atoms with Gasteiger partial charge >= 0.3 is 43.7 Å². The van der Waals surface area contributed by atoms with E-state index in [1.54, 1.807) is 11.3 Å². The standard InChI is InChI=1S/C23H22O5S.Ca.2H/c1-16-5-10-21(29-16)18-4-2-3-17(11-18)12-27-20-8-6-19(7-9-20)23(14-26-15-23)28-13-22(24)25;;;/h2-11H,12-15H2,1H3,(H,24,25);;;/q;+2;2*-1. The van der Waals surface area contributed by atoms with Crippen molar-refractivity contribution in [2.75, 3.05) is 19.8 Å². The monoisotopic (exact) mass is 452 g/mol. The summed E-state index contributed by atoms with van der Waals surface area (Å²) in [6, 6.07) is 20.2. The number of aryl methyl sites for hydroxylation is 1. The number of ether oxygens (including phenoxy) is 3. The molecule has 2 heterocycles. The average molecular weight is 453 g/mol. The maximum atomic E-state index is 10.8. The normalized spacial score (nSPS) is 14.4. The van der Waals surface area contributed by atoms with Crippen LogP contribution in [-0.2, 0) is 26.5 Å². The molecule has 5 nitrogen and oxygen atoms in total. The third-order valence-corrected chi connectivity index (χ3v) is 5.93. The van der Waals surface area contributed by atoms with Gasteiger partial charge in [-0.05, 0) is 53.9 Å². The van der Waals surface area contributed by atoms with Gasteiger partial charge in [-0.15, -0.1) is 11.3 Å². The van der Waals surface area contributed by atoms with E-state index in [4.69, 9.17) is 19.3 Å². The summed E-state index contributed by atoms with van der Waals surface area (Å²) in [5.41, 5.74) is 2.52. The molecule has 2 aromatic carbocycles. The number of aliphatic carboxylic acids is 1. The van der Waals surface area contributed by atoms with E-state index < -0.39 is 11.6 Å². The number of benzene rings is 2. The van der Waals surface area contributed by atoms with Gasteiger partial charge in [-0.2, -0.15) is 0 Å². The Balaban J connectivity index is 0.00000171. The van der Waals surface area contributed by atoms with Crippen molar-refractivity contribution in [2.24, 2.45) is 0 Å². The first-order valence-corrected chi connectivity index (χ1v) is 10.2. The molecular weight excluding hydrogens is 428 g/mol. The van der Waals surface area contributed by atoms with Crippen LogP contribution in [-0.4, -0.2) is 68.6 Å². The molecule has 7 heteroatoms. The second-order valence-electron chi connectivity index (χ2n) is 7.09. The van der Waals surface area contributed by atoms with Crippen molar-refractivity contribution in [1.29, 1.82) is 0 Å². The Bertz CT molecular complexity index is 1010. The van der Waals surface area contributed by atoms with Gasteiger partial charge in [-0.3, -0.25) is 0 Å². The molecule has 0 amide bonds. The largest absolute Gasteiger partial charge is 2.00 e. The smallest absolute Gasteiger partial charge is 1.00 e. The SMILES string of the molecule is Cc1ccc(-c2cccc(COc3ccc(C4(OCC(=O)O)COC4)cc3)c2)s1.[Ca+2].[H-].[H-]. The molecule has 154 valence electrons. The van der Waals surface area contributed by atoms with Crippen molar-refractivity contribution in [3.63, 3.8) is 0 Å². The summed E-state index contributed by atoms with van der Waals surface area (Å²) in [6.07, 6.45) is 0. The van der Waals surface area contributed by atoms with Crippen molar-refractivity contribution in [1.82, 2.24) is 0 Å². The summed E-state index contributed by atoms with van der Waals surface area (Å²) in [7, 11) is 0. The molecule has 0 saturated carbocycles. The van der Waals surface area contributed by atoms with Crippen LogP contribution >= 0.6 is 11.3 Å². The van der Waals surface area contributed by atoms with Crippen molar-refractivity contribution in [3.8, 4) is 16.2 Å². The molecule has 0 atom stereocenters. The maximum Gasteiger partial charge on any atom is 2.00 e. The van der Waals surface area contributed by atoms with E-state index in [9.17, 15) is 4.79 Å². The van der Waals surface area contributed by atoms with Gasteiger partial charge in [-0.25, -0.2) is 4.79 Å². The van der Waals surface area contributed by atoms with Crippen LogP contribution < -0.4 is 4.74 Å². The van der Waals surface area contributed by atoms with Gasteiger partial charge < -0.3 is 22.2 Å². The van der Waals surface area contributed by atoms with Crippen LogP contribution in [0, 0.1) is 6.92 Å². The van der Waals surface area contributed by atoms with Crippen LogP contribution in [0.2, 0.25) is 0 Å². The molecule has 3 aromatic rings. The van der Waals surface area contributed by atoms with E-state index in [-0.39, 0.29) is 47.2 Å². The Morgan fingerprint density at radius 3 is 2.53 bits per heavy atom. The summed E-state index contributed by atoms with van der Waals surface area (Å²) in [5.74, 6) is -0.240. The molecular formula is C23H24CaO5S. The van der Waals surface area contributed by atoms with Gasteiger partial charge in [0.15, 0.2) is 0 Å². The van der Waals surface area contributed by atoms with Gasteiger partial charge in [0.25, 0.3) is 0 Å². The minimum Gasteiger partial charge on any atom is -1.00 e. The van der Waals surface area contributed by atoms with E-state index >= 15 is 0 Å². The fraction of sp³-hybridized carbons (Fsp3) is 0.261. The molecule has 4 rings (SSSR count). The van der Waals surface area contributed by atoms with Crippen LogP contribution in [0.5, 0.6) is 5.75 Å². The number of carboxylic acid groups (broad SMARTS) is 1. The van der Waals surface area contributed by atoms with Crippen molar-refractivity contribution >= 4 is 55.0 Å². The van der Waals surface area contributed by atoms with Crippen LogP contribution in [0.1, 0.15) is 18.9 Å². The fourth-order valence-electron chi connectivity index (χ4n) is 3.25. The van der Waals surface area contributed by atoms with Gasteiger partial charge in [0, 0.05) is 9.75 Å². The van der Waals surface area contributed by atoms with Gasteiger partial charge in [0.1, 0.15) is 24.6 Å². The summed E-state index contributed by atoms with van der Waals surface area (Å²) < 4.78 is 16.8. The number of rotatable bonds is 8. The van der Waals surface area contributed by atoms with Gasteiger partial charge in [-0.1, -0.05) is 30.3 Å². The molecule has 0 unspecified atom stereocenters. The summed E-state index contributed by atoms with van der Waals surface area (Å²) in [5, 5.41) is 8.87. The quantitative estimate of drug-likeness (QED) is 0.511. The van der Waals surface area contributed by atoms with Gasteiger partial charge in [0.2, 0.25) is 0 Å². The Kier molecular flexibility index (Phi) is 7.96. The average Bonchev–Trinajstić information content (AvgIpc) is 3.13. The molecule has 1 saturated heterocycles. The minimum absolute atomic E-state index is 0. The molecule has 0 bridgehead atoms. The first-order chi connectivity index (χ1) is 14.0. The topological polar surface area (TPSA) is 65.0 Å². The minimum atomic E-state index is -0.990. The zero-order valence-corrected chi connectivity index (χ0v) is 19.8. The third kappa shape index (κ3) is 5.44. The molecule has 0 aliphatic carbocycles. The number of hydrogen-bond donors (Lipinski definition) is 1. The molecule has 0 spiro atoms. The molecule has 1 fully saturated rings. The molecule has 0 radical (unpaired) electrons. The van der Waals surface area contributed by atoms with Crippen molar-refractivity contribution in [2.45, 2.75) is 19.1 Å². The van der Waals surface area contributed by atoms with Crippen LogP contribution in [0.4, 0.5) is 0 Å². The number of thiophene rings is 1. The number of carboxylic acids is 1. The molecule has 1 aliphatic heterocycles. The van der Waals surface area contributed by atoms with E-state index in [0.717, 1.165) is 16.9 Å². The summed E-state index contributed by atoms with van der Waals surface area (Å²) in [4.78, 5) is 13.4. The second-order valence-corrected chi connectivity index (χ2v) is 8.38. The van der Waals surface area contributed by atoms with Gasteiger partial charge in [0.05, 0.1) is 13.2 Å². The van der Waals surface area contributed by atoms with Crippen LogP contribution in [0.25, 0.3) is 10.4 Å². The fourth-order valence-corrected chi connectivity index (χ4v) is 4.11. The van der Waals surface area contributed by atoms with E-state index in [1.165, 1.54) is 15.3 Å². The Morgan fingerprint density at radius 1 is 1.17 bits per heavy atom. The van der Waals surface area contributed by atoms with Crippen molar-refractivity contribution < 1.29 is 27.0 Å². The van der Waals surface area contributed by atoms with E-state index in [1.807, 2.05) is 30.3 Å². The maximum absolute atomic E-state index is 10.8. The first kappa shape index (κ1) is 23.3. The molecule has 1 N–H and O–H groups in total. The van der Waals surface area contributed by atoms with Crippen LogP contribution in [0.3, 0.4) is 0 Å². The predicted molar refractivity (Wildman–Crippen MR) is 119 cm³/mol. The Labute approximate surface area is 212 Å². The Hall–Kier alpha value is -1.41. The number of hydrogen-bond acceptors (Lipinski definition) is 5. The molecule has 1 aliphatic rings. The second kappa shape index (κ2) is 10.3. The molecule has 30 heavy (non-hydrogen) atoms. The predicted octanol–water partition coefficient (Wildman–Crippen LogP) is 4.47. The third-order valence-electron chi connectivity index (χ3n) is 4.88. The summed E-state index contributed by atoms with van der Waals surface area (Å²) >= 11 is 1.78. The van der Waals surface area contributed by atoms with Crippen molar-refractivity contribution in [3.05, 3.63) is 76.7 Å².